The van der Waals surface area contributed by atoms with Crippen LogP contribution in [0.3, 0.4) is 0 Å². The molecule has 5 nitrogen and oxygen atoms in total. The first-order valence-electron chi connectivity index (χ1n) is 10.5. The first-order valence-corrected chi connectivity index (χ1v) is 10.9. The molecule has 0 fully saturated rings. The Bertz CT molecular complexity index is 823. The third-order valence-corrected chi connectivity index (χ3v) is 5.36. The summed E-state index contributed by atoms with van der Waals surface area (Å²) in [5, 5.41) is 3.46. The van der Waals surface area contributed by atoms with Gasteiger partial charge in [0, 0.05) is 18.1 Å². The number of amides is 2. The van der Waals surface area contributed by atoms with Crippen molar-refractivity contribution in [2.75, 3.05) is 13.2 Å². The van der Waals surface area contributed by atoms with Gasteiger partial charge in [-0.15, -0.1) is 0 Å². The average molecular weight is 431 g/mol. The lowest BCUT2D eigenvalue weighted by Gasteiger charge is -2.29. The molecule has 1 N–H and O–H groups in total. The summed E-state index contributed by atoms with van der Waals surface area (Å²) < 4.78 is 5.69. The summed E-state index contributed by atoms with van der Waals surface area (Å²) in [6, 6.07) is 14.3. The average Bonchev–Trinajstić information content (AvgIpc) is 2.77. The molecule has 2 aromatic carbocycles. The number of hydrogen-bond donors (Lipinski definition) is 1. The number of nitrogens with zero attached hydrogens (tertiary/aromatic N) is 1. The number of carbonyl (C=O) groups is 2. The number of ether oxygens (including phenoxy) is 1. The monoisotopic (exact) mass is 430 g/mol. The van der Waals surface area contributed by atoms with E-state index in [9.17, 15) is 9.59 Å². The Morgan fingerprint density at radius 1 is 1.10 bits per heavy atom. The van der Waals surface area contributed by atoms with Crippen LogP contribution in [0.25, 0.3) is 0 Å². The van der Waals surface area contributed by atoms with Crippen molar-refractivity contribution in [3.8, 4) is 5.75 Å². The van der Waals surface area contributed by atoms with E-state index in [-0.39, 0.29) is 25.0 Å². The molecule has 2 amide bonds. The molecular formula is C24H31ClN2O3. The van der Waals surface area contributed by atoms with Crippen LogP contribution in [0.1, 0.15) is 44.7 Å². The van der Waals surface area contributed by atoms with Gasteiger partial charge < -0.3 is 15.0 Å². The number of hydrogen-bond acceptors (Lipinski definition) is 3. The van der Waals surface area contributed by atoms with Crippen molar-refractivity contribution >= 4 is 23.4 Å². The lowest BCUT2D eigenvalue weighted by molar-refractivity contribution is -0.142. The van der Waals surface area contributed by atoms with E-state index >= 15 is 0 Å². The maximum atomic E-state index is 13.0. The zero-order valence-electron chi connectivity index (χ0n) is 18.0. The highest BCUT2D eigenvalue weighted by molar-refractivity contribution is 6.31. The summed E-state index contributed by atoms with van der Waals surface area (Å²) in [5.41, 5.74) is 1.99. The van der Waals surface area contributed by atoms with Gasteiger partial charge in [-0.25, -0.2) is 0 Å². The number of halogens is 1. The van der Waals surface area contributed by atoms with Gasteiger partial charge in [0.05, 0.1) is 0 Å². The van der Waals surface area contributed by atoms with Crippen LogP contribution in [-0.4, -0.2) is 35.9 Å². The van der Waals surface area contributed by atoms with E-state index in [1.54, 1.807) is 13.0 Å². The van der Waals surface area contributed by atoms with E-state index in [2.05, 4.69) is 19.2 Å². The van der Waals surface area contributed by atoms with Gasteiger partial charge in [-0.05, 0) is 49.1 Å². The van der Waals surface area contributed by atoms with E-state index in [1.165, 1.54) is 10.5 Å². The molecule has 0 aromatic heterocycles. The maximum absolute atomic E-state index is 13.0. The molecular weight excluding hydrogens is 400 g/mol. The van der Waals surface area contributed by atoms with Gasteiger partial charge in [0.25, 0.3) is 5.91 Å². The molecule has 0 aliphatic heterocycles. The van der Waals surface area contributed by atoms with E-state index in [4.69, 9.17) is 16.3 Å². The molecule has 0 heterocycles. The van der Waals surface area contributed by atoms with Crippen LogP contribution in [-0.2, 0) is 22.6 Å². The molecule has 2 aromatic rings. The molecule has 0 spiro atoms. The van der Waals surface area contributed by atoms with Gasteiger partial charge in [-0.2, -0.15) is 0 Å². The van der Waals surface area contributed by atoms with Gasteiger partial charge in [0.15, 0.2) is 6.61 Å². The van der Waals surface area contributed by atoms with Gasteiger partial charge in [-0.1, -0.05) is 62.2 Å². The molecule has 2 rings (SSSR count). The zero-order chi connectivity index (χ0) is 21.9. The third kappa shape index (κ3) is 7.06. The number of nitrogens with one attached hydrogen (secondary N) is 1. The highest BCUT2D eigenvalue weighted by Gasteiger charge is 2.26. The smallest absolute Gasteiger partial charge is 0.261 e. The molecule has 0 bridgehead atoms. The van der Waals surface area contributed by atoms with Gasteiger partial charge in [0.2, 0.25) is 5.91 Å². The summed E-state index contributed by atoms with van der Waals surface area (Å²) in [4.78, 5) is 27.1. The van der Waals surface area contributed by atoms with E-state index in [1.807, 2.05) is 42.5 Å². The van der Waals surface area contributed by atoms with Crippen LogP contribution in [0.4, 0.5) is 0 Å². The molecule has 0 aliphatic carbocycles. The largest absolute Gasteiger partial charge is 0.484 e. The van der Waals surface area contributed by atoms with Gasteiger partial charge in [-0.3, -0.25) is 9.59 Å². The minimum absolute atomic E-state index is 0.150. The molecule has 0 aliphatic rings. The second-order valence-electron chi connectivity index (χ2n) is 7.22. The van der Waals surface area contributed by atoms with E-state index in [0.29, 0.717) is 17.3 Å². The Hall–Kier alpha value is -2.53. The fraction of sp³-hybridized carbons (Fsp3) is 0.417. The molecule has 1 unspecified atom stereocenters. The van der Waals surface area contributed by atoms with Crippen LogP contribution in [0.15, 0.2) is 48.5 Å². The predicted molar refractivity (Wildman–Crippen MR) is 121 cm³/mol. The summed E-state index contributed by atoms with van der Waals surface area (Å²) >= 11 is 6.29. The Morgan fingerprint density at radius 3 is 2.43 bits per heavy atom. The normalized spacial score (nSPS) is 11.6. The first-order chi connectivity index (χ1) is 14.5. The fourth-order valence-electron chi connectivity index (χ4n) is 2.98. The van der Waals surface area contributed by atoms with Crippen LogP contribution < -0.4 is 10.1 Å². The lowest BCUT2D eigenvalue weighted by Crippen LogP contribution is -2.49. The SMILES string of the molecule is CCCCNC(=O)C(C)N(Cc1ccccc1Cl)C(=O)COc1ccc(CC)cc1. The molecule has 6 heteroatoms. The summed E-state index contributed by atoms with van der Waals surface area (Å²) in [6.45, 7) is 6.55. The van der Waals surface area contributed by atoms with Crippen LogP contribution in [0.5, 0.6) is 5.75 Å². The maximum Gasteiger partial charge on any atom is 0.261 e. The molecule has 30 heavy (non-hydrogen) atoms. The van der Waals surface area contributed by atoms with Gasteiger partial charge in [0.1, 0.15) is 11.8 Å². The number of benzene rings is 2. The minimum Gasteiger partial charge on any atom is -0.484 e. The molecule has 0 saturated heterocycles. The number of aryl methyl sites for hydroxylation is 1. The van der Waals surface area contributed by atoms with Crippen LogP contribution in [0, 0.1) is 0 Å². The van der Waals surface area contributed by atoms with Crippen LogP contribution >= 0.6 is 11.6 Å². The highest BCUT2D eigenvalue weighted by atomic mass is 35.5. The number of unbranched alkanes of at least 4 members (excludes halogenated alkanes) is 1. The third-order valence-electron chi connectivity index (χ3n) is 4.99. The molecule has 0 radical (unpaired) electrons. The molecule has 162 valence electrons. The van der Waals surface area contributed by atoms with Crippen molar-refractivity contribution < 1.29 is 14.3 Å². The van der Waals surface area contributed by atoms with Gasteiger partial charge >= 0.3 is 0 Å². The second kappa shape index (κ2) is 12.2. The van der Waals surface area contributed by atoms with Crippen molar-refractivity contribution in [3.05, 3.63) is 64.7 Å². The van der Waals surface area contributed by atoms with Crippen LogP contribution in [0.2, 0.25) is 5.02 Å². The lowest BCUT2D eigenvalue weighted by atomic mass is 10.1. The van der Waals surface area contributed by atoms with Crippen molar-refractivity contribution in [2.24, 2.45) is 0 Å². The molecule has 1 atom stereocenters. The standard InChI is InChI=1S/C24H31ClN2O3/c1-4-6-15-26-24(29)18(3)27(16-20-9-7-8-10-22(20)25)23(28)17-30-21-13-11-19(5-2)12-14-21/h7-14,18H,4-6,15-17H2,1-3H3,(H,26,29). The molecule has 0 saturated carbocycles. The van der Waals surface area contributed by atoms with Crippen molar-refractivity contribution in [2.45, 2.75) is 52.6 Å². The zero-order valence-corrected chi connectivity index (χ0v) is 18.7. The van der Waals surface area contributed by atoms with Crippen molar-refractivity contribution in [1.82, 2.24) is 10.2 Å². The number of rotatable bonds is 11. The first kappa shape index (κ1) is 23.7. The summed E-state index contributed by atoms with van der Waals surface area (Å²) in [5.74, 6) is 0.169. The van der Waals surface area contributed by atoms with E-state index < -0.39 is 6.04 Å². The summed E-state index contributed by atoms with van der Waals surface area (Å²) in [6.07, 6.45) is 2.82. The summed E-state index contributed by atoms with van der Waals surface area (Å²) in [7, 11) is 0. The Kier molecular flexibility index (Phi) is 9.68. The number of carbonyl (C=O) groups excluding carboxylic acids is 2. The van der Waals surface area contributed by atoms with E-state index in [0.717, 1.165) is 24.8 Å². The Balaban J connectivity index is 2.10. The van der Waals surface area contributed by atoms with Crippen molar-refractivity contribution in [3.63, 3.8) is 0 Å². The quantitative estimate of drug-likeness (QED) is 0.529. The minimum atomic E-state index is -0.642. The Morgan fingerprint density at radius 2 is 1.80 bits per heavy atom. The fourth-order valence-corrected chi connectivity index (χ4v) is 3.17. The highest BCUT2D eigenvalue weighted by Crippen LogP contribution is 2.19. The Labute approximate surface area is 184 Å². The predicted octanol–water partition coefficient (Wildman–Crippen LogP) is 4.61. The topological polar surface area (TPSA) is 58.6 Å². The van der Waals surface area contributed by atoms with Crippen molar-refractivity contribution in [1.29, 1.82) is 0 Å². The second-order valence-corrected chi connectivity index (χ2v) is 7.63.